The molecule has 0 saturated heterocycles. The summed E-state index contributed by atoms with van der Waals surface area (Å²) < 4.78 is 2.68. The molecule has 0 unspecified atom stereocenters. The smallest absolute Gasteiger partial charge is 0.0486 e. The standard InChI is InChI=1S/C15H23I2N/c1-3-4-5-6-7-8-9-18-15-11-13(16)12(2)10-14(15)17/h10-11,18H,3-9H2,1-2H3. The van der Waals surface area contributed by atoms with Crippen LogP contribution in [0.2, 0.25) is 0 Å². The molecule has 1 N–H and O–H groups in total. The van der Waals surface area contributed by atoms with Crippen molar-refractivity contribution in [2.75, 3.05) is 11.9 Å². The molecule has 0 radical (unpaired) electrons. The first-order valence-corrected chi connectivity index (χ1v) is 9.00. The van der Waals surface area contributed by atoms with Gasteiger partial charge >= 0.3 is 0 Å². The highest BCUT2D eigenvalue weighted by atomic mass is 127. The van der Waals surface area contributed by atoms with Crippen molar-refractivity contribution in [2.24, 2.45) is 0 Å². The van der Waals surface area contributed by atoms with Gasteiger partial charge in [-0.2, -0.15) is 0 Å². The largest absolute Gasteiger partial charge is 0.384 e. The number of rotatable bonds is 8. The number of unbranched alkanes of at least 4 members (excludes halogenated alkanes) is 5. The van der Waals surface area contributed by atoms with Gasteiger partial charge in [0.1, 0.15) is 0 Å². The number of hydrogen-bond acceptors (Lipinski definition) is 1. The molecule has 1 nitrogen and oxygen atoms in total. The summed E-state index contributed by atoms with van der Waals surface area (Å²) in [6.45, 7) is 5.53. The quantitative estimate of drug-likeness (QED) is 0.364. The summed E-state index contributed by atoms with van der Waals surface area (Å²) in [4.78, 5) is 0. The summed E-state index contributed by atoms with van der Waals surface area (Å²) in [5, 5.41) is 3.56. The molecule has 0 bridgehead atoms. The van der Waals surface area contributed by atoms with E-state index in [2.05, 4.69) is 76.5 Å². The maximum atomic E-state index is 3.56. The lowest BCUT2D eigenvalue weighted by atomic mass is 10.1. The number of halogens is 2. The van der Waals surface area contributed by atoms with Crippen LogP contribution in [0, 0.1) is 14.1 Å². The van der Waals surface area contributed by atoms with Crippen LogP contribution in [0.15, 0.2) is 12.1 Å². The van der Waals surface area contributed by atoms with Gasteiger partial charge in [0.25, 0.3) is 0 Å². The molecule has 0 aliphatic rings. The summed E-state index contributed by atoms with van der Waals surface area (Å²) in [6.07, 6.45) is 8.14. The van der Waals surface area contributed by atoms with Crippen LogP contribution < -0.4 is 5.32 Å². The molecule has 1 aromatic carbocycles. The summed E-state index contributed by atoms with van der Waals surface area (Å²) >= 11 is 4.82. The van der Waals surface area contributed by atoms with Crippen LogP contribution in [0.3, 0.4) is 0 Å². The number of benzene rings is 1. The number of anilines is 1. The van der Waals surface area contributed by atoms with Crippen molar-refractivity contribution < 1.29 is 0 Å². The summed E-state index contributed by atoms with van der Waals surface area (Å²) in [5.74, 6) is 0. The second-order valence-corrected chi connectivity index (χ2v) is 7.10. The Kier molecular flexibility index (Phi) is 8.63. The fourth-order valence-corrected chi connectivity index (χ4v) is 3.19. The Hall–Kier alpha value is 0.480. The molecule has 0 aromatic heterocycles. The first-order chi connectivity index (χ1) is 8.65. The highest BCUT2D eigenvalue weighted by molar-refractivity contribution is 14.1. The van der Waals surface area contributed by atoms with Crippen LogP contribution in [-0.2, 0) is 0 Å². The van der Waals surface area contributed by atoms with E-state index in [1.54, 1.807) is 0 Å². The molecular formula is C15H23I2N. The molecule has 1 aromatic rings. The van der Waals surface area contributed by atoms with Gasteiger partial charge in [0.15, 0.2) is 0 Å². The molecule has 1 rings (SSSR count). The van der Waals surface area contributed by atoms with E-state index in [1.165, 1.54) is 56.9 Å². The van der Waals surface area contributed by atoms with E-state index in [-0.39, 0.29) is 0 Å². The molecule has 0 spiro atoms. The minimum Gasteiger partial charge on any atom is -0.384 e. The summed E-state index contributed by atoms with van der Waals surface area (Å²) in [7, 11) is 0. The minimum atomic E-state index is 1.10. The van der Waals surface area contributed by atoms with Crippen molar-refractivity contribution in [3.05, 3.63) is 24.8 Å². The van der Waals surface area contributed by atoms with Crippen molar-refractivity contribution in [1.29, 1.82) is 0 Å². The van der Waals surface area contributed by atoms with Gasteiger partial charge in [-0.05, 0) is 76.2 Å². The van der Waals surface area contributed by atoms with E-state index in [0.717, 1.165) is 6.54 Å². The molecule has 102 valence electrons. The molecule has 0 fully saturated rings. The van der Waals surface area contributed by atoms with E-state index < -0.39 is 0 Å². The van der Waals surface area contributed by atoms with E-state index >= 15 is 0 Å². The van der Waals surface area contributed by atoms with Crippen molar-refractivity contribution in [3.63, 3.8) is 0 Å². The zero-order valence-electron chi connectivity index (χ0n) is 11.4. The fourth-order valence-electron chi connectivity index (χ4n) is 1.91. The van der Waals surface area contributed by atoms with Crippen molar-refractivity contribution in [2.45, 2.75) is 52.4 Å². The average Bonchev–Trinajstić information content (AvgIpc) is 2.34. The van der Waals surface area contributed by atoms with E-state index in [1.807, 2.05) is 0 Å². The zero-order valence-corrected chi connectivity index (χ0v) is 15.7. The Morgan fingerprint density at radius 1 is 0.944 bits per heavy atom. The van der Waals surface area contributed by atoms with E-state index in [9.17, 15) is 0 Å². The van der Waals surface area contributed by atoms with E-state index in [4.69, 9.17) is 0 Å². The van der Waals surface area contributed by atoms with Crippen molar-refractivity contribution in [1.82, 2.24) is 0 Å². The topological polar surface area (TPSA) is 12.0 Å². The predicted molar refractivity (Wildman–Crippen MR) is 98.5 cm³/mol. The average molecular weight is 471 g/mol. The van der Waals surface area contributed by atoms with Gasteiger partial charge in [0.2, 0.25) is 0 Å². The van der Waals surface area contributed by atoms with Crippen molar-refractivity contribution in [3.8, 4) is 0 Å². The van der Waals surface area contributed by atoms with Crippen molar-refractivity contribution >= 4 is 50.9 Å². The lowest BCUT2D eigenvalue weighted by Gasteiger charge is -2.10. The predicted octanol–water partition coefficient (Wildman–Crippen LogP) is 5.98. The molecule has 0 aliphatic heterocycles. The first kappa shape index (κ1) is 16.5. The van der Waals surface area contributed by atoms with E-state index in [0.29, 0.717) is 0 Å². The third-order valence-electron chi connectivity index (χ3n) is 3.09. The normalized spacial score (nSPS) is 10.7. The van der Waals surface area contributed by atoms with Crippen LogP contribution in [0.25, 0.3) is 0 Å². The van der Waals surface area contributed by atoms with Gasteiger partial charge in [-0.15, -0.1) is 0 Å². The molecule has 3 heteroatoms. The van der Waals surface area contributed by atoms with Crippen LogP contribution in [0.4, 0.5) is 5.69 Å². The molecule has 0 aliphatic carbocycles. The van der Waals surface area contributed by atoms with Crippen LogP contribution in [-0.4, -0.2) is 6.54 Å². The Morgan fingerprint density at radius 3 is 2.33 bits per heavy atom. The maximum absolute atomic E-state index is 3.56. The lowest BCUT2D eigenvalue weighted by Crippen LogP contribution is -2.03. The van der Waals surface area contributed by atoms with Gasteiger partial charge < -0.3 is 5.32 Å². The second kappa shape index (κ2) is 9.39. The first-order valence-electron chi connectivity index (χ1n) is 6.84. The minimum absolute atomic E-state index is 1.10. The monoisotopic (exact) mass is 471 g/mol. The highest BCUT2D eigenvalue weighted by Gasteiger charge is 2.03. The van der Waals surface area contributed by atoms with Gasteiger partial charge in [-0.25, -0.2) is 0 Å². The van der Waals surface area contributed by atoms with Gasteiger partial charge in [0, 0.05) is 19.4 Å². The third kappa shape index (κ3) is 6.08. The van der Waals surface area contributed by atoms with Crippen LogP contribution in [0.1, 0.15) is 51.0 Å². The molecular weight excluding hydrogens is 448 g/mol. The number of nitrogens with one attached hydrogen (secondary N) is 1. The van der Waals surface area contributed by atoms with Gasteiger partial charge in [0.05, 0.1) is 0 Å². The lowest BCUT2D eigenvalue weighted by molar-refractivity contribution is 0.617. The molecule has 18 heavy (non-hydrogen) atoms. The Bertz CT molecular complexity index is 364. The van der Waals surface area contributed by atoms with Gasteiger partial charge in [-0.1, -0.05) is 39.0 Å². The SMILES string of the molecule is CCCCCCCCNc1cc(I)c(C)cc1I. The van der Waals surface area contributed by atoms with Crippen LogP contribution in [0.5, 0.6) is 0 Å². The third-order valence-corrected chi connectivity index (χ3v) is 5.15. The Balaban J connectivity index is 2.25. The summed E-state index contributed by atoms with van der Waals surface area (Å²) in [5.41, 5.74) is 2.66. The zero-order chi connectivity index (χ0) is 13.4. The molecule has 0 amide bonds. The highest BCUT2D eigenvalue weighted by Crippen LogP contribution is 2.24. The fraction of sp³-hybridized carbons (Fsp3) is 0.600. The van der Waals surface area contributed by atoms with Crippen LogP contribution >= 0.6 is 45.2 Å². The molecule has 0 heterocycles. The maximum Gasteiger partial charge on any atom is 0.0486 e. The molecule has 0 atom stereocenters. The summed E-state index contributed by atoms with van der Waals surface area (Å²) in [6, 6.07) is 4.51. The van der Waals surface area contributed by atoms with Gasteiger partial charge in [-0.3, -0.25) is 0 Å². The Morgan fingerprint density at radius 2 is 1.61 bits per heavy atom. The molecule has 0 saturated carbocycles. The number of aryl methyl sites for hydroxylation is 1. The number of hydrogen-bond donors (Lipinski definition) is 1. The Labute approximate surface area is 139 Å². The second-order valence-electron chi connectivity index (χ2n) is 4.78.